The molecule has 1 N–H and O–H groups in total. The van der Waals surface area contributed by atoms with E-state index in [0.29, 0.717) is 6.04 Å². The summed E-state index contributed by atoms with van der Waals surface area (Å²) in [4.78, 5) is 6.71. The standard InChI is InChI=1S/C20H25N3O.ClH/c1-20(2)12-17-11-15(3-4-19(17)24-20)14-23-10-9-22-13-18(23)16-5-7-21-8-6-16;/h3-8,11,18,22H,9-10,12-14H2,1-2H3;1H. The van der Waals surface area contributed by atoms with Crippen LogP contribution in [0.4, 0.5) is 0 Å². The second kappa shape index (κ2) is 7.32. The van der Waals surface area contributed by atoms with Crippen LogP contribution in [0.1, 0.15) is 36.6 Å². The van der Waals surface area contributed by atoms with Gasteiger partial charge >= 0.3 is 0 Å². The maximum absolute atomic E-state index is 6.00. The van der Waals surface area contributed by atoms with Crippen molar-refractivity contribution >= 4 is 12.4 Å². The van der Waals surface area contributed by atoms with Crippen LogP contribution in [0.15, 0.2) is 42.7 Å². The third-order valence-corrected chi connectivity index (χ3v) is 4.96. The van der Waals surface area contributed by atoms with E-state index in [2.05, 4.69) is 59.4 Å². The molecule has 0 radical (unpaired) electrons. The molecule has 0 saturated carbocycles. The third-order valence-electron chi connectivity index (χ3n) is 4.96. The minimum atomic E-state index is -0.0738. The second-order valence-electron chi connectivity index (χ2n) is 7.45. The Bertz CT molecular complexity index is 720. The van der Waals surface area contributed by atoms with Gasteiger partial charge in [0, 0.05) is 51.0 Å². The van der Waals surface area contributed by atoms with Crippen molar-refractivity contribution in [2.24, 2.45) is 0 Å². The van der Waals surface area contributed by atoms with Gasteiger partial charge in [-0.15, -0.1) is 12.4 Å². The second-order valence-corrected chi connectivity index (χ2v) is 7.45. The van der Waals surface area contributed by atoms with Crippen molar-refractivity contribution in [3.05, 3.63) is 59.4 Å². The number of rotatable bonds is 3. The Balaban J connectivity index is 0.00000182. The number of fused-ring (bicyclic) bond motifs is 1. The first-order valence-corrected chi connectivity index (χ1v) is 8.76. The van der Waals surface area contributed by atoms with E-state index >= 15 is 0 Å². The van der Waals surface area contributed by atoms with E-state index < -0.39 is 0 Å². The molecule has 1 atom stereocenters. The Kier molecular flexibility index (Phi) is 5.32. The van der Waals surface area contributed by atoms with Crippen molar-refractivity contribution in [1.29, 1.82) is 0 Å². The average molecular weight is 360 g/mol. The molecule has 5 heteroatoms. The van der Waals surface area contributed by atoms with Crippen LogP contribution in [-0.2, 0) is 13.0 Å². The van der Waals surface area contributed by atoms with Crippen molar-refractivity contribution in [2.45, 2.75) is 38.5 Å². The van der Waals surface area contributed by atoms with Crippen LogP contribution in [0, 0.1) is 0 Å². The lowest BCUT2D eigenvalue weighted by Crippen LogP contribution is -2.45. The lowest BCUT2D eigenvalue weighted by Gasteiger charge is -2.36. The van der Waals surface area contributed by atoms with E-state index in [0.717, 1.165) is 38.3 Å². The molecule has 0 aliphatic carbocycles. The van der Waals surface area contributed by atoms with Gasteiger partial charge in [-0.05, 0) is 48.7 Å². The van der Waals surface area contributed by atoms with Gasteiger partial charge in [-0.25, -0.2) is 0 Å². The number of aromatic nitrogens is 1. The summed E-state index contributed by atoms with van der Waals surface area (Å²) in [6.45, 7) is 8.38. The maximum Gasteiger partial charge on any atom is 0.123 e. The fraction of sp³-hybridized carbons (Fsp3) is 0.450. The van der Waals surface area contributed by atoms with E-state index in [4.69, 9.17) is 4.74 Å². The van der Waals surface area contributed by atoms with E-state index in [1.165, 1.54) is 16.7 Å². The zero-order chi connectivity index (χ0) is 16.6. The maximum atomic E-state index is 6.00. The highest BCUT2D eigenvalue weighted by atomic mass is 35.5. The number of nitrogens with one attached hydrogen (secondary N) is 1. The number of hydrogen-bond donors (Lipinski definition) is 1. The summed E-state index contributed by atoms with van der Waals surface area (Å²) >= 11 is 0. The number of halogens is 1. The van der Waals surface area contributed by atoms with Crippen LogP contribution in [0.3, 0.4) is 0 Å². The van der Waals surface area contributed by atoms with Gasteiger partial charge in [0.25, 0.3) is 0 Å². The molecule has 4 nitrogen and oxygen atoms in total. The van der Waals surface area contributed by atoms with Crippen LogP contribution in [0.2, 0.25) is 0 Å². The summed E-state index contributed by atoms with van der Waals surface area (Å²) in [5.41, 5.74) is 3.97. The molecule has 0 bridgehead atoms. The topological polar surface area (TPSA) is 37.4 Å². The normalized spacial score (nSPS) is 21.9. The van der Waals surface area contributed by atoms with Gasteiger partial charge in [0.15, 0.2) is 0 Å². The predicted molar refractivity (Wildman–Crippen MR) is 102 cm³/mol. The molecule has 0 amide bonds. The van der Waals surface area contributed by atoms with Crippen LogP contribution >= 0.6 is 12.4 Å². The summed E-state index contributed by atoms with van der Waals surface area (Å²) < 4.78 is 6.00. The highest BCUT2D eigenvalue weighted by molar-refractivity contribution is 5.85. The number of benzene rings is 1. The molecule has 1 saturated heterocycles. The van der Waals surface area contributed by atoms with Crippen molar-refractivity contribution in [1.82, 2.24) is 15.2 Å². The van der Waals surface area contributed by atoms with Crippen molar-refractivity contribution in [2.75, 3.05) is 19.6 Å². The zero-order valence-corrected chi connectivity index (χ0v) is 15.7. The number of nitrogens with zero attached hydrogens (tertiary/aromatic N) is 2. The fourth-order valence-corrected chi connectivity index (χ4v) is 3.85. The summed E-state index contributed by atoms with van der Waals surface area (Å²) in [6.07, 6.45) is 4.76. The highest BCUT2D eigenvalue weighted by Crippen LogP contribution is 2.35. The Morgan fingerprint density at radius 1 is 1.24 bits per heavy atom. The Morgan fingerprint density at radius 2 is 2.04 bits per heavy atom. The monoisotopic (exact) mass is 359 g/mol. The lowest BCUT2D eigenvalue weighted by atomic mass is 9.99. The number of pyridine rings is 1. The molecule has 2 aliphatic rings. The first kappa shape index (κ1) is 18.2. The van der Waals surface area contributed by atoms with Crippen LogP contribution < -0.4 is 10.1 Å². The Hall–Kier alpha value is -1.62. The molecule has 1 unspecified atom stereocenters. The molecule has 3 heterocycles. The Labute approximate surface area is 156 Å². The minimum Gasteiger partial charge on any atom is -0.487 e. The first-order chi connectivity index (χ1) is 11.6. The quantitative estimate of drug-likeness (QED) is 0.911. The smallest absolute Gasteiger partial charge is 0.123 e. The Morgan fingerprint density at radius 3 is 2.84 bits per heavy atom. The molecule has 2 aromatic rings. The number of hydrogen-bond acceptors (Lipinski definition) is 4. The average Bonchev–Trinajstić information content (AvgIpc) is 2.89. The zero-order valence-electron chi connectivity index (χ0n) is 14.9. The fourth-order valence-electron chi connectivity index (χ4n) is 3.85. The molecule has 4 rings (SSSR count). The van der Waals surface area contributed by atoms with Crippen molar-refractivity contribution in [3.63, 3.8) is 0 Å². The van der Waals surface area contributed by atoms with Gasteiger partial charge in [-0.3, -0.25) is 9.88 Å². The van der Waals surface area contributed by atoms with Crippen LogP contribution in [-0.4, -0.2) is 35.1 Å². The molecule has 2 aliphatic heterocycles. The summed E-state index contributed by atoms with van der Waals surface area (Å²) in [6, 6.07) is 11.3. The predicted octanol–water partition coefficient (Wildman–Crippen LogP) is 3.36. The van der Waals surface area contributed by atoms with Crippen LogP contribution in [0.25, 0.3) is 0 Å². The summed E-state index contributed by atoms with van der Waals surface area (Å²) in [7, 11) is 0. The third kappa shape index (κ3) is 3.97. The van der Waals surface area contributed by atoms with Crippen molar-refractivity contribution < 1.29 is 4.74 Å². The van der Waals surface area contributed by atoms with E-state index in [1.807, 2.05) is 12.4 Å². The van der Waals surface area contributed by atoms with E-state index in [1.54, 1.807) is 0 Å². The van der Waals surface area contributed by atoms with Gasteiger partial charge in [0.2, 0.25) is 0 Å². The van der Waals surface area contributed by atoms with Gasteiger partial charge in [0.05, 0.1) is 0 Å². The van der Waals surface area contributed by atoms with Gasteiger partial charge in [-0.1, -0.05) is 12.1 Å². The van der Waals surface area contributed by atoms with Crippen LogP contribution in [0.5, 0.6) is 5.75 Å². The van der Waals surface area contributed by atoms with Gasteiger partial charge in [0.1, 0.15) is 11.4 Å². The van der Waals surface area contributed by atoms with E-state index in [9.17, 15) is 0 Å². The van der Waals surface area contributed by atoms with Crippen molar-refractivity contribution in [3.8, 4) is 5.75 Å². The largest absolute Gasteiger partial charge is 0.487 e. The molecule has 1 aromatic carbocycles. The van der Waals surface area contributed by atoms with E-state index in [-0.39, 0.29) is 18.0 Å². The molecule has 134 valence electrons. The lowest BCUT2D eigenvalue weighted by molar-refractivity contribution is 0.138. The van der Waals surface area contributed by atoms with Gasteiger partial charge in [-0.2, -0.15) is 0 Å². The SMILES string of the molecule is CC1(C)Cc2cc(CN3CCNCC3c3ccncc3)ccc2O1.Cl. The number of ether oxygens (including phenoxy) is 1. The summed E-state index contributed by atoms with van der Waals surface area (Å²) in [5, 5.41) is 3.52. The van der Waals surface area contributed by atoms with Gasteiger partial charge < -0.3 is 10.1 Å². The molecular formula is C20H26ClN3O. The number of piperazine rings is 1. The minimum absolute atomic E-state index is 0. The molecule has 1 aromatic heterocycles. The highest BCUT2D eigenvalue weighted by Gasteiger charge is 2.30. The molecule has 1 fully saturated rings. The molecule has 0 spiro atoms. The first-order valence-electron chi connectivity index (χ1n) is 8.76. The molecular weight excluding hydrogens is 334 g/mol. The summed E-state index contributed by atoms with van der Waals surface area (Å²) in [5.74, 6) is 1.05. The molecule has 25 heavy (non-hydrogen) atoms.